The molecule has 0 aliphatic carbocycles. The zero-order chi connectivity index (χ0) is 26.9. The number of aromatic nitrogens is 1. The van der Waals surface area contributed by atoms with E-state index in [4.69, 9.17) is 19.2 Å². The lowest BCUT2D eigenvalue weighted by molar-refractivity contribution is -0.141. The summed E-state index contributed by atoms with van der Waals surface area (Å²) >= 11 is 1.49. The van der Waals surface area contributed by atoms with Crippen LogP contribution >= 0.6 is 11.8 Å². The molecule has 0 saturated heterocycles. The van der Waals surface area contributed by atoms with Gasteiger partial charge in [0.25, 0.3) is 5.91 Å². The molecule has 196 valence electrons. The van der Waals surface area contributed by atoms with Crippen LogP contribution in [0.2, 0.25) is 0 Å². The molecule has 0 radical (unpaired) electrons. The number of rotatable bonds is 7. The van der Waals surface area contributed by atoms with Crippen molar-refractivity contribution in [1.82, 2.24) is 9.88 Å². The van der Waals surface area contributed by atoms with Crippen LogP contribution < -0.4 is 14.8 Å². The number of aliphatic imine (C=N–C) groups is 1. The van der Waals surface area contributed by atoms with Crippen molar-refractivity contribution >= 4 is 39.7 Å². The lowest BCUT2D eigenvalue weighted by Gasteiger charge is -2.27. The maximum atomic E-state index is 13.5. The Morgan fingerprint density at radius 1 is 1.05 bits per heavy atom. The second-order valence-corrected chi connectivity index (χ2v) is 10.2. The Morgan fingerprint density at radius 2 is 1.78 bits per heavy atom. The Balaban J connectivity index is 1.72. The standard InChI is InChI=1S/C28H33N3O5S/c1-8-28(20-13-23(34-5)17(3)11-24(20)35-6)15-37-27(30-28)29-26(33)22-12-19-18(4)16(2)9-10-21(19)31(22)14-25(32)36-7/h9-13H,8,14-15H2,1-7H3,(H,29,30,33). The highest BCUT2D eigenvalue weighted by Crippen LogP contribution is 2.45. The fourth-order valence-corrected chi connectivity index (χ4v) is 5.94. The number of fused-ring (bicyclic) bond motifs is 1. The third kappa shape index (κ3) is 4.80. The summed E-state index contributed by atoms with van der Waals surface area (Å²) in [6.07, 6.45) is 0.711. The second kappa shape index (κ2) is 10.5. The molecule has 2 heterocycles. The van der Waals surface area contributed by atoms with E-state index in [1.807, 2.05) is 51.1 Å². The van der Waals surface area contributed by atoms with Crippen molar-refractivity contribution in [3.63, 3.8) is 0 Å². The molecule has 3 aromatic rings. The molecule has 9 heteroatoms. The fraction of sp³-hybridized carbons (Fsp3) is 0.393. The van der Waals surface area contributed by atoms with Gasteiger partial charge in [0.05, 0.1) is 21.3 Å². The third-order valence-corrected chi connectivity index (χ3v) is 8.25. The first kappa shape index (κ1) is 26.6. The molecule has 0 saturated carbocycles. The molecule has 4 rings (SSSR count). The van der Waals surface area contributed by atoms with Gasteiger partial charge >= 0.3 is 5.97 Å². The van der Waals surface area contributed by atoms with Gasteiger partial charge in [0, 0.05) is 22.2 Å². The van der Waals surface area contributed by atoms with E-state index in [2.05, 4.69) is 12.2 Å². The van der Waals surface area contributed by atoms with Gasteiger partial charge in [0.2, 0.25) is 0 Å². The van der Waals surface area contributed by atoms with Crippen molar-refractivity contribution < 1.29 is 23.8 Å². The quantitative estimate of drug-likeness (QED) is 0.443. The second-order valence-electron chi connectivity index (χ2n) is 9.20. The van der Waals surface area contributed by atoms with E-state index in [0.717, 1.165) is 44.7 Å². The minimum Gasteiger partial charge on any atom is -0.496 e. The van der Waals surface area contributed by atoms with Gasteiger partial charge in [-0.25, -0.2) is 4.99 Å². The predicted octanol–water partition coefficient (Wildman–Crippen LogP) is 4.89. The first-order valence-electron chi connectivity index (χ1n) is 12.1. The van der Waals surface area contributed by atoms with Crippen LogP contribution in [0, 0.1) is 20.8 Å². The van der Waals surface area contributed by atoms with E-state index in [1.165, 1.54) is 18.9 Å². The normalized spacial score (nSPS) is 17.0. The Morgan fingerprint density at radius 3 is 2.43 bits per heavy atom. The highest BCUT2D eigenvalue weighted by atomic mass is 32.2. The monoisotopic (exact) mass is 523 g/mol. The molecule has 0 fully saturated rings. The number of esters is 1. The van der Waals surface area contributed by atoms with Crippen LogP contribution in [-0.4, -0.2) is 48.7 Å². The maximum absolute atomic E-state index is 13.5. The molecule has 1 amide bonds. The van der Waals surface area contributed by atoms with Gasteiger partial charge in [-0.2, -0.15) is 0 Å². The first-order valence-corrected chi connectivity index (χ1v) is 13.1. The molecule has 2 aromatic carbocycles. The fourth-order valence-electron chi connectivity index (χ4n) is 4.73. The van der Waals surface area contributed by atoms with Crippen LogP contribution in [-0.2, 0) is 21.6 Å². The highest BCUT2D eigenvalue weighted by molar-refractivity contribution is 8.14. The van der Waals surface area contributed by atoms with E-state index >= 15 is 0 Å². The molecule has 1 aliphatic heterocycles. The number of amides is 1. The van der Waals surface area contributed by atoms with Crippen molar-refractivity contribution in [1.29, 1.82) is 0 Å². The summed E-state index contributed by atoms with van der Waals surface area (Å²) in [6.45, 7) is 8.01. The Bertz CT molecular complexity index is 1410. The van der Waals surface area contributed by atoms with Gasteiger partial charge in [-0.3, -0.25) is 14.9 Å². The number of ether oxygens (including phenoxy) is 3. The number of hydrogen-bond donors (Lipinski definition) is 1. The summed E-state index contributed by atoms with van der Waals surface area (Å²) in [7, 11) is 4.63. The molecule has 1 atom stereocenters. The smallest absolute Gasteiger partial charge is 0.325 e. The van der Waals surface area contributed by atoms with E-state index in [-0.39, 0.29) is 12.5 Å². The van der Waals surface area contributed by atoms with Crippen LogP contribution in [0.25, 0.3) is 10.9 Å². The number of aryl methyl sites for hydroxylation is 3. The van der Waals surface area contributed by atoms with E-state index in [9.17, 15) is 9.59 Å². The Labute approximate surface area is 221 Å². The molecule has 37 heavy (non-hydrogen) atoms. The summed E-state index contributed by atoms with van der Waals surface area (Å²) in [5.74, 6) is 1.39. The molecule has 0 spiro atoms. The molecular formula is C28H33N3O5S. The summed E-state index contributed by atoms with van der Waals surface area (Å²) in [5.41, 5.74) is 4.67. The number of benzene rings is 2. The lowest BCUT2D eigenvalue weighted by Crippen LogP contribution is -2.30. The van der Waals surface area contributed by atoms with Crippen molar-refractivity contribution in [2.45, 2.75) is 46.2 Å². The van der Waals surface area contributed by atoms with E-state index in [0.29, 0.717) is 23.0 Å². The molecule has 1 N–H and O–H groups in total. The predicted molar refractivity (Wildman–Crippen MR) is 147 cm³/mol. The topological polar surface area (TPSA) is 91.2 Å². The van der Waals surface area contributed by atoms with Gasteiger partial charge in [0.15, 0.2) is 5.17 Å². The van der Waals surface area contributed by atoms with Crippen LogP contribution in [0.5, 0.6) is 11.5 Å². The van der Waals surface area contributed by atoms with Crippen molar-refractivity contribution in [3.05, 3.63) is 58.3 Å². The lowest BCUT2D eigenvalue weighted by atomic mass is 9.88. The largest absolute Gasteiger partial charge is 0.496 e. The number of nitrogens with zero attached hydrogens (tertiary/aromatic N) is 2. The van der Waals surface area contributed by atoms with Crippen molar-refractivity contribution in [2.75, 3.05) is 27.1 Å². The minimum atomic E-state index is -0.577. The van der Waals surface area contributed by atoms with Crippen LogP contribution in [0.1, 0.15) is 46.1 Å². The molecule has 1 unspecified atom stereocenters. The zero-order valence-corrected chi connectivity index (χ0v) is 23.2. The van der Waals surface area contributed by atoms with Gasteiger partial charge in [-0.1, -0.05) is 24.8 Å². The van der Waals surface area contributed by atoms with Gasteiger partial charge in [-0.05, 0) is 68.1 Å². The molecule has 1 aliphatic rings. The minimum absolute atomic E-state index is 0.0653. The number of hydrogen-bond acceptors (Lipinski definition) is 7. The highest BCUT2D eigenvalue weighted by Gasteiger charge is 2.39. The van der Waals surface area contributed by atoms with Crippen LogP contribution in [0.3, 0.4) is 0 Å². The van der Waals surface area contributed by atoms with Gasteiger partial charge in [0.1, 0.15) is 29.3 Å². The van der Waals surface area contributed by atoms with Crippen LogP contribution in [0.15, 0.2) is 35.3 Å². The summed E-state index contributed by atoms with van der Waals surface area (Å²) in [6, 6.07) is 9.68. The SMILES string of the molecule is CCC1(c2cc(OC)c(C)cc2OC)CSC(NC(=O)c2cc3c(C)c(C)ccc3n2CC(=O)OC)=N1. The van der Waals surface area contributed by atoms with E-state index in [1.54, 1.807) is 18.8 Å². The Hall–Kier alpha value is -3.46. The maximum Gasteiger partial charge on any atom is 0.325 e. The zero-order valence-electron chi connectivity index (χ0n) is 22.4. The number of carbonyl (C=O) groups excluding carboxylic acids is 2. The van der Waals surface area contributed by atoms with Crippen LogP contribution in [0.4, 0.5) is 0 Å². The van der Waals surface area contributed by atoms with Gasteiger partial charge < -0.3 is 18.8 Å². The van der Waals surface area contributed by atoms with Crippen molar-refractivity contribution in [3.8, 4) is 11.5 Å². The average molecular weight is 524 g/mol. The van der Waals surface area contributed by atoms with Crippen molar-refractivity contribution in [2.24, 2.45) is 4.99 Å². The number of amidine groups is 1. The molecule has 8 nitrogen and oxygen atoms in total. The summed E-state index contributed by atoms with van der Waals surface area (Å²) in [4.78, 5) is 30.7. The molecule has 1 aromatic heterocycles. The third-order valence-electron chi connectivity index (χ3n) is 7.16. The van der Waals surface area contributed by atoms with Gasteiger partial charge in [-0.15, -0.1) is 0 Å². The molecule has 0 bridgehead atoms. The number of thioether (sulfide) groups is 1. The number of nitrogens with one attached hydrogen (secondary N) is 1. The average Bonchev–Trinajstić information content (AvgIpc) is 3.48. The number of methoxy groups -OCH3 is 3. The number of carbonyl (C=O) groups is 2. The summed E-state index contributed by atoms with van der Waals surface area (Å²) < 4.78 is 17.9. The van der Waals surface area contributed by atoms with E-state index < -0.39 is 11.5 Å². The Kier molecular flexibility index (Phi) is 7.54. The first-order chi connectivity index (χ1) is 17.7. The summed E-state index contributed by atoms with van der Waals surface area (Å²) in [5, 5.41) is 4.44. The molecular weight excluding hydrogens is 490 g/mol.